The smallest absolute Gasteiger partial charge is 0.231 e. The van der Waals surface area contributed by atoms with E-state index in [-0.39, 0.29) is 24.4 Å². The molecule has 0 unspecified atom stereocenters. The van der Waals surface area contributed by atoms with Crippen LogP contribution in [-0.4, -0.2) is 31.5 Å². The van der Waals surface area contributed by atoms with E-state index in [0.717, 1.165) is 17.5 Å². The maximum absolute atomic E-state index is 13.2. The molecule has 2 heterocycles. The first kappa shape index (κ1) is 20.3. The highest BCUT2D eigenvalue weighted by atomic mass is 19.1. The minimum absolute atomic E-state index is 0.101. The van der Waals surface area contributed by atoms with Crippen molar-refractivity contribution in [3.05, 3.63) is 83.0 Å². The molecule has 0 spiro atoms. The summed E-state index contributed by atoms with van der Waals surface area (Å²) in [4.78, 5) is 11.2. The first-order valence-electron chi connectivity index (χ1n) is 10.7. The fraction of sp³-hybridized carbons (Fsp3) is 0.280. The Morgan fingerprint density at radius 3 is 2.44 bits per heavy atom. The van der Waals surface area contributed by atoms with Gasteiger partial charge in [0.15, 0.2) is 11.5 Å². The molecule has 2 aliphatic rings. The van der Waals surface area contributed by atoms with Crippen LogP contribution in [0.15, 0.2) is 72.0 Å². The number of nitroso groups, excluding NO2 is 1. The van der Waals surface area contributed by atoms with Gasteiger partial charge in [0.2, 0.25) is 6.79 Å². The van der Waals surface area contributed by atoms with Gasteiger partial charge < -0.3 is 14.2 Å². The number of piperidine rings is 1. The summed E-state index contributed by atoms with van der Waals surface area (Å²) in [6.45, 7) is 1.83. The molecule has 6 nitrogen and oxygen atoms in total. The van der Waals surface area contributed by atoms with Crippen molar-refractivity contribution in [1.82, 2.24) is 5.01 Å². The predicted octanol–water partition coefficient (Wildman–Crippen LogP) is 5.39. The van der Waals surface area contributed by atoms with Gasteiger partial charge >= 0.3 is 0 Å². The zero-order valence-electron chi connectivity index (χ0n) is 17.4. The molecule has 32 heavy (non-hydrogen) atoms. The summed E-state index contributed by atoms with van der Waals surface area (Å²) in [7, 11) is 0. The van der Waals surface area contributed by atoms with Crippen molar-refractivity contribution >= 4 is 0 Å². The Bertz CT molecular complexity index is 1090. The van der Waals surface area contributed by atoms with Crippen LogP contribution < -0.4 is 14.2 Å². The summed E-state index contributed by atoms with van der Waals surface area (Å²) >= 11 is 0. The molecule has 1 fully saturated rings. The Kier molecular flexibility index (Phi) is 5.62. The second-order valence-corrected chi connectivity index (χ2v) is 8.10. The van der Waals surface area contributed by atoms with E-state index in [1.165, 1.54) is 17.7 Å². The average molecular weight is 434 g/mol. The highest BCUT2D eigenvalue weighted by Crippen LogP contribution is 2.37. The third-order valence-electron chi connectivity index (χ3n) is 6.15. The Balaban J connectivity index is 1.31. The highest BCUT2D eigenvalue weighted by molar-refractivity contribution is 5.63. The summed E-state index contributed by atoms with van der Waals surface area (Å²) in [5.41, 5.74) is 3.20. The van der Waals surface area contributed by atoms with Gasteiger partial charge in [-0.2, -0.15) is 0 Å². The molecule has 3 aromatic carbocycles. The maximum atomic E-state index is 13.2. The fourth-order valence-corrected chi connectivity index (χ4v) is 4.43. The molecule has 5 rings (SSSR count). The summed E-state index contributed by atoms with van der Waals surface area (Å²) in [5.74, 6) is 2.19. The van der Waals surface area contributed by atoms with Gasteiger partial charge in [-0.15, -0.1) is 4.91 Å². The summed E-state index contributed by atoms with van der Waals surface area (Å²) in [6.07, 6.45) is 0.816. The minimum atomic E-state index is -0.244. The third kappa shape index (κ3) is 4.23. The predicted molar refractivity (Wildman–Crippen MR) is 118 cm³/mol. The van der Waals surface area contributed by atoms with Crippen molar-refractivity contribution in [3.63, 3.8) is 0 Å². The van der Waals surface area contributed by atoms with E-state index in [2.05, 4.69) is 29.6 Å². The molecule has 7 heteroatoms. The number of halogens is 1. The Morgan fingerprint density at radius 1 is 0.969 bits per heavy atom. The quantitative estimate of drug-likeness (QED) is 0.487. The molecule has 164 valence electrons. The van der Waals surface area contributed by atoms with E-state index < -0.39 is 0 Å². The lowest BCUT2D eigenvalue weighted by Crippen LogP contribution is -2.39. The lowest BCUT2D eigenvalue weighted by atomic mass is 9.81. The van der Waals surface area contributed by atoms with Gasteiger partial charge in [-0.3, -0.25) is 5.01 Å². The molecule has 1 saturated heterocycles. The first-order valence-corrected chi connectivity index (χ1v) is 10.7. The van der Waals surface area contributed by atoms with Crippen LogP contribution in [0, 0.1) is 16.6 Å². The minimum Gasteiger partial charge on any atom is -0.493 e. The van der Waals surface area contributed by atoms with Gasteiger partial charge in [-0.1, -0.05) is 36.4 Å². The lowest BCUT2D eigenvalue weighted by Gasteiger charge is -2.35. The normalized spacial score (nSPS) is 19.6. The molecule has 0 amide bonds. The van der Waals surface area contributed by atoms with Crippen LogP contribution in [0.3, 0.4) is 0 Å². The van der Waals surface area contributed by atoms with Crippen LogP contribution >= 0.6 is 0 Å². The SMILES string of the molecule is O=NN1CC[C@@H](c2ccc(-c3ccc(F)cc3)cc2)[C@H](COc2ccc3c(c2)OCO3)C1. The molecule has 2 atom stereocenters. The number of benzene rings is 3. The lowest BCUT2D eigenvalue weighted by molar-refractivity contribution is 0.112. The summed E-state index contributed by atoms with van der Waals surface area (Å²) < 4.78 is 30.1. The zero-order chi connectivity index (χ0) is 21.9. The molecule has 3 aromatic rings. The van der Waals surface area contributed by atoms with Crippen molar-refractivity contribution in [2.24, 2.45) is 11.2 Å². The molecule has 0 radical (unpaired) electrons. The highest BCUT2D eigenvalue weighted by Gasteiger charge is 2.31. The zero-order valence-corrected chi connectivity index (χ0v) is 17.4. The maximum Gasteiger partial charge on any atom is 0.231 e. The van der Waals surface area contributed by atoms with E-state index in [1.54, 1.807) is 17.1 Å². The van der Waals surface area contributed by atoms with Crippen LogP contribution in [0.4, 0.5) is 4.39 Å². The Hall–Kier alpha value is -3.61. The number of rotatable bonds is 6. The molecule has 0 aromatic heterocycles. The number of ether oxygens (including phenoxy) is 3. The summed E-state index contributed by atoms with van der Waals surface area (Å²) in [5, 5.41) is 4.72. The molecule has 0 aliphatic carbocycles. The fourth-order valence-electron chi connectivity index (χ4n) is 4.43. The topological polar surface area (TPSA) is 60.4 Å². The first-order chi connectivity index (χ1) is 15.7. The second kappa shape index (κ2) is 8.86. The number of fused-ring (bicyclic) bond motifs is 1. The van der Waals surface area contributed by atoms with Crippen LogP contribution in [0.25, 0.3) is 11.1 Å². The molecule has 0 N–H and O–H groups in total. The van der Waals surface area contributed by atoms with Gasteiger partial charge in [-0.05, 0) is 53.3 Å². The Labute approximate surface area is 185 Å². The summed E-state index contributed by atoms with van der Waals surface area (Å²) in [6, 6.07) is 20.4. The van der Waals surface area contributed by atoms with Crippen LogP contribution in [0.5, 0.6) is 17.2 Å². The van der Waals surface area contributed by atoms with E-state index in [1.807, 2.05) is 18.2 Å². The van der Waals surface area contributed by atoms with E-state index in [0.29, 0.717) is 36.9 Å². The van der Waals surface area contributed by atoms with Crippen LogP contribution in [-0.2, 0) is 0 Å². The van der Waals surface area contributed by atoms with Crippen molar-refractivity contribution in [1.29, 1.82) is 0 Å². The Morgan fingerprint density at radius 2 is 1.69 bits per heavy atom. The third-order valence-corrected chi connectivity index (χ3v) is 6.15. The number of nitrogens with zero attached hydrogens (tertiary/aromatic N) is 2. The van der Waals surface area contributed by atoms with Gasteiger partial charge in [0.1, 0.15) is 11.6 Å². The van der Waals surface area contributed by atoms with Gasteiger partial charge in [0.05, 0.1) is 11.9 Å². The number of hydrogen-bond acceptors (Lipinski definition) is 5. The van der Waals surface area contributed by atoms with E-state index in [9.17, 15) is 9.30 Å². The van der Waals surface area contributed by atoms with Gasteiger partial charge in [0, 0.05) is 25.1 Å². The molecule has 0 bridgehead atoms. The van der Waals surface area contributed by atoms with Crippen molar-refractivity contribution in [3.8, 4) is 28.4 Å². The number of hydrogen-bond donors (Lipinski definition) is 0. The van der Waals surface area contributed by atoms with Crippen molar-refractivity contribution in [2.75, 3.05) is 26.5 Å². The van der Waals surface area contributed by atoms with E-state index >= 15 is 0 Å². The largest absolute Gasteiger partial charge is 0.493 e. The van der Waals surface area contributed by atoms with Gasteiger partial charge in [-0.25, -0.2) is 4.39 Å². The van der Waals surface area contributed by atoms with Crippen LogP contribution in [0.2, 0.25) is 0 Å². The standard InChI is InChI=1S/C25H23FN2O4/c26-21-7-5-18(6-8-21)17-1-3-19(4-2-17)23-11-12-28(27-29)14-20(23)15-30-22-9-10-24-25(13-22)32-16-31-24/h1-10,13,20,23H,11-12,14-16H2/t20-,23-/m0/s1. The van der Waals surface area contributed by atoms with E-state index in [4.69, 9.17) is 14.2 Å². The molecule has 0 saturated carbocycles. The van der Waals surface area contributed by atoms with Crippen molar-refractivity contribution < 1.29 is 18.6 Å². The van der Waals surface area contributed by atoms with Gasteiger partial charge in [0.25, 0.3) is 0 Å². The monoisotopic (exact) mass is 434 g/mol. The van der Waals surface area contributed by atoms with Crippen molar-refractivity contribution in [2.45, 2.75) is 12.3 Å². The molecular weight excluding hydrogens is 411 g/mol. The van der Waals surface area contributed by atoms with Crippen LogP contribution in [0.1, 0.15) is 17.9 Å². The average Bonchev–Trinajstić information content (AvgIpc) is 3.31. The molecular formula is C25H23FN2O4. The second-order valence-electron chi connectivity index (χ2n) is 8.10. The molecule has 2 aliphatic heterocycles.